The van der Waals surface area contributed by atoms with Crippen LogP contribution in [0.4, 0.5) is 5.69 Å². The van der Waals surface area contributed by atoms with Gasteiger partial charge in [-0.1, -0.05) is 49.7 Å². The number of para-hydroxylation sites is 1. The lowest BCUT2D eigenvalue weighted by Gasteiger charge is -2.27. The highest BCUT2D eigenvalue weighted by molar-refractivity contribution is 6.01. The second-order valence-electron chi connectivity index (χ2n) is 6.96. The molecule has 0 N–H and O–H groups in total. The number of carbonyl (C=O) groups excluding carboxylic acids is 1. The van der Waals surface area contributed by atoms with Gasteiger partial charge in [-0.05, 0) is 24.6 Å². The number of fused-ring (bicyclic) bond motifs is 1. The third-order valence-electron chi connectivity index (χ3n) is 5.19. The summed E-state index contributed by atoms with van der Waals surface area (Å²) in [7, 11) is 0. The van der Waals surface area contributed by atoms with Gasteiger partial charge in [0.2, 0.25) is 6.10 Å². The Kier molecular flexibility index (Phi) is 4.74. The molecule has 0 amide bonds. The number of unbranched alkanes of at least 4 members (excludes halogenated alkanes) is 1. The van der Waals surface area contributed by atoms with Crippen molar-refractivity contribution >= 4 is 17.5 Å². The molecular formula is C22H25N2O2+. The van der Waals surface area contributed by atoms with Crippen molar-refractivity contribution < 1.29 is 14.1 Å². The highest BCUT2D eigenvalue weighted by Gasteiger charge is 2.43. The van der Waals surface area contributed by atoms with Gasteiger partial charge in [-0.3, -0.25) is 4.58 Å². The molecule has 2 aliphatic heterocycles. The quantitative estimate of drug-likeness (QED) is 0.607. The zero-order valence-electron chi connectivity index (χ0n) is 15.2. The summed E-state index contributed by atoms with van der Waals surface area (Å²) in [6.45, 7) is 4.99. The minimum absolute atomic E-state index is 0.173. The molecule has 4 nitrogen and oxygen atoms in total. The summed E-state index contributed by atoms with van der Waals surface area (Å²) in [5.41, 5.74) is 3.22. The second-order valence-corrected chi connectivity index (χ2v) is 6.96. The second kappa shape index (κ2) is 7.32. The van der Waals surface area contributed by atoms with Crippen LogP contribution in [0.15, 0.2) is 54.6 Å². The maximum atomic E-state index is 12.6. The summed E-state index contributed by atoms with van der Waals surface area (Å²) >= 11 is 0. The minimum Gasteiger partial charge on any atom is -0.446 e. The summed E-state index contributed by atoms with van der Waals surface area (Å²) in [6, 6.07) is 17.9. The Morgan fingerprint density at radius 1 is 1.15 bits per heavy atom. The fraction of sp³-hybridized carbons (Fsp3) is 0.364. The topological polar surface area (TPSA) is 32.5 Å². The average Bonchev–Trinajstić information content (AvgIpc) is 3.08. The van der Waals surface area contributed by atoms with E-state index in [0.717, 1.165) is 44.7 Å². The van der Waals surface area contributed by atoms with Crippen molar-refractivity contribution in [1.82, 2.24) is 0 Å². The predicted octanol–water partition coefficient (Wildman–Crippen LogP) is 3.85. The van der Waals surface area contributed by atoms with Crippen molar-refractivity contribution in [3.8, 4) is 0 Å². The fourth-order valence-corrected chi connectivity index (χ4v) is 3.90. The SMILES string of the molecule is CCCCN1C2=[N+](CC[C@@H]2OC(=O)c2ccccc2)Cc2ccccc21. The summed E-state index contributed by atoms with van der Waals surface area (Å²) in [4.78, 5) is 14.9. The Hall–Kier alpha value is -2.62. The number of rotatable bonds is 5. The number of benzene rings is 2. The van der Waals surface area contributed by atoms with Crippen LogP contribution in [0.3, 0.4) is 0 Å². The lowest BCUT2D eigenvalue weighted by atomic mass is 10.1. The van der Waals surface area contributed by atoms with E-state index < -0.39 is 0 Å². The van der Waals surface area contributed by atoms with Gasteiger partial charge in [-0.2, -0.15) is 0 Å². The Balaban J connectivity index is 1.61. The van der Waals surface area contributed by atoms with Crippen molar-refractivity contribution in [2.75, 3.05) is 18.0 Å². The zero-order chi connectivity index (χ0) is 17.9. The molecule has 2 aromatic carbocycles. The molecule has 134 valence electrons. The van der Waals surface area contributed by atoms with E-state index in [1.807, 2.05) is 30.3 Å². The number of esters is 1. The van der Waals surface area contributed by atoms with E-state index in [1.165, 1.54) is 11.3 Å². The number of hydrogen-bond donors (Lipinski definition) is 0. The number of nitrogens with zero attached hydrogens (tertiary/aromatic N) is 2. The standard InChI is InChI=1S/C22H25N2O2/c1-2-3-14-24-19-12-8-7-11-18(19)16-23-15-13-20(21(23)24)26-22(25)17-9-5-4-6-10-17/h4-12,20H,2-3,13-16H2,1H3/q+1/t20-/m0/s1. The molecule has 26 heavy (non-hydrogen) atoms. The molecule has 0 aromatic heterocycles. The molecule has 0 radical (unpaired) electrons. The first kappa shape index (κ1) is 16.8. The van der Waals surface area contributed by atoms with Crippen molar-refractivity contribution in [3.05, 3.63) is 65.7 Å². The molecule has 4 rings (SSSR count). The summed E-state index contributed by atoms with van der Waals surface area (Å²) in [5.74, 6) is 0.917. The molecule has 2 heterocycles. The first-order valence-corrected chi connectivity index (χ1v) is 9.51. The van der Waals surface area contributed by atoms with Gasteiger partial charge < -0.3 is 4.74 Å². The van der Waals surface area contributed by atoms with Gasteiger partial charge in [0.05, 0.1) is 18.7 Å². The Morgan fingerprint density at radius 2 is 1.92 bits per heavy atom. The molecule has 1 atom stereocenters. The molecule has 4 heteroatoms. The van der Waals surface area contributed by atoms with Gasteiger partial charge in [0.15, 0.2) is 0 Å². The highest BCUT2D eigenvalue weighted by atomic mass is 16.5. The summed E-state index contributed by atoms with van der Waals surface area (Å²) < 4.78 is 8.31. The van der Waals surface area contributed by atoms with Gasteiger partial charge in [-0.25, -0.2) is 9.69 Å². The van der Waals surface area contributed by atoms with Crippen LogP contribution in [-0.2, 0) is 11.3 Å². The molecule has 2 aromatic rings. The van der Waals surface area contributed by atoms with E-state index in [9.17, 15) is 4.79 Å². The molecule has 0 aliphatic carbocycles. The molecule has 0 saturated carbocycles. The van der Waals surface area contributed by atoms with E-state index in [1.54, 1.807) is 0 Å². The smallest absolute Gasteiger partial charge is 0.339 e. The average molecular weight is 349 g/mol. The van der Waals surface area contributed by atoms with Crippen LogP contribution in [0.25, 0.3) is 0 Å². The number of ether oxygens (including phenoxy) is 1. The normalized spacial score (nSPS) is 18.5. The first-order valence-electron chi connectivity index (χ1n) is 9.51. The first-order chi connectivity index (χ1) is 12.8. The number of amidine groups is 1. The molecule has 0 unspecified atom stereocenters. The largest absolute Gasteiger partial charge is 0.446 e. The third-order valence-corrected chi connectivity index (χ3v) is 5.19. The third kappa shape index (κ3) is 3.12. The lowest BCUT2D eigenvalue weighted by Crippen LogP contribution is -2.46. The van der Waals surface area contributed by atoms with Gasteiger partial charge >= 0.3 is 5.97 Å². The van der Waals surface area contributed by atoms with Crippen molar-refractivity contribution in [2.24, 2.45) is 0 Å². The minimum atomic E-state index is -0.237. The molecule has 0 bridgehead atoms. The van der Waals surface area contributed by atoms with Crippen LogP contribution < -0.4 is 4.90 Å². The van der Waals surface area contributed by atoms with Gasteiger partial charge in [0, 0.05) is 12.0 Å². The van der Waals surface area contributed by atoms with Crippen LogP contribution in [0.2, 0.25) is 0 Å². The van der Waals surface area contributed by atoms with Gasteiger partial charge in [0.25, 0.3) is 5.84 Å². The van der Waals surface area contributed by atoms with Crippen molar-refractivity contribution in [1.29, 1.82) is 0 Å². The van der Waals surface area contributed by atoms with Gasteiger partial charge in [0.1, 0.15) is 12.2 Å². The van der Waals surface area contributed by atoms with E-state index in [-0.39, 0.29) is 12.1 Å². The molecule has 0 spiro atoms. The van der Waals surface area contributed by atoms with E-state index in [0.29, 0.717) is 5.56 Å². The maximum Gasteiger partial charge on any atom is 0.339 e. The van der Waals surface area contributed by atoms with E-state index >= 15 is 0 Å². The Morgan fingerprint density at radius 3 is 2.73 bits per heavy atom. The fourth-order valence-electron chi connectivity index (χ4n) is 3.90. The van der Waals surface area contributed by atoms with Crippen LogP contribution in [0.1, 0.15) is 42.1 Å². The number of hydrogen-bond acceptors (Lipinski definition) is 3. The van der Waals surface area contributed by atoms with Crippen LogP contribution >= 0.6 is 0 Å². The van der Waals surface area contributed by atoms with E-state index in [2.05, 4.69) is 40.7 Å². The van der Waals surface area contributed by atoms with Crippen LogP contribution in [0.5, 0.6) is 0 Å². The molecule has 0 fully saturated rings. The van der Waals surface area contributed by atoms with Crippen LogP contribution in [-0.4, -0.2) is 35.6 Å². The predicted molar refractivity (Wildman–Crippen MR) is 103 cm³/mol. The molecule has 2 aliphatic rings. The zero-order valence-corrected chi connectivity index (χ0v) is 15.2. The van der Waals surface area contributed by atoms with Crippen molar-refractivity contribution in [2.45, 2.75) is 38.8 Å². The Labute approximate surface area is 154 Å². The molecular weight excluding hydrogens is 324 g/mol. The number of carbonyl (C=O) groups is 1. The lowest BCUT2D eigenvalue weighted by molar-refractivity contribution is -0.538. The van der Waals surface area contributed by atoms with Crippen molar-refractivity contribution in [3.63, 3.8) is 0 Å². The van der Waals surface area contributed by atoms with E-state index in [4.69, 9.17) is 4.74 Å². The monoisotopic (exact) mass is 349 g/mol. The number of anilines is 1. The maximum absolute atomic E-state index is 12.6. The molecule has 0 saturated heterocycles. The highest BCUT2D eigenvalue weighted by Crippen LogP contribution is 2.31. The Bertz CT molecular complexity index is 829. The summed E-state index contributed by atoms with van der Waals surface area (Å²) in [5, 5.41) is 0. The van der Waals surface area contributed by atoms with Gasteiger partial charge in [-0.15, -0.1) is 0 Å². The van der Waals surface area contributed by atoms with Crippen LogP contribution in [0, 0.1) is 0 Å². The summed E-state index contributed by atoms with van der Waals surface area (Å²) in [6.07, 6.45) is 2.93.